The van der Waals surface area contributed by atoms with Gasteiger partial charge in [-0.2, -0.15) is 0 Å². The normalized spacial score (nSPS) is 13.4. The fourth-order valence-corrected chi connectivity index (χ4v) is 3.07. The summed E-state index contributed by atoms with van der Waals surface area (Å²) in [7, 11) is -10.7. The molecule has 11 heteroatoms. The van der Waals surface area contributed by atoms with E-state index in [-0.39, 0.29) is 10.6 Å². The predicted octanol–water partition coefficient (Wildman–Crippen LogP) is 7.88. The molecule has 0 saturated heterocycles. The molecular weight excluding hydrogens is 439 g/mol. The van der Waals surface area contributed by atoms with Gasteiger partial charge in [0.2, 0.25) is 0 Å². The van der Waals surface area contributed by atoms with Gasteiger partial charge in [0.25, 0.3) is 5.69 Å². The van der Waals surface area contributed by atoms with E-state index in [1.54, 1.807) is 12.1 Å². The zero-order chi connectivity index (χ0) is 21.8. The number of non-ortho nitro benzene ring substituents is 1. The van der Waals surface area contributed by atoms with Crippen molar-refractivity contribution in [3.8, 4) is 11.1 Å². The number of nitro groups is 1. The van der Waals surface area contributed by atoms with E-state index < -0.39 is 7.81 Å². The number of nitrogens with zero attached hydrogens (tertiary/aromatic N) is 1. The predicted molar refractivity (Wildman–Crippen MR) is 104 cm³/mol. The van der Waals surface area contributed by atoms with Crippen LogP contribution in [0.5, 0.6) is 0 Å². The average molecular weight is 453 g/mol. The Balaban J connectivity index is 0.000000370. The molecule has 0 saturated carbocycles. The van der Waals surface area contributed by atoms with E-state index in [2.05, 4.69) is 24.3 Å². The Morgan fingerprint density at radius 2 is 1.03 bits per heavy atom. The molecule has 0 atom stereocenters. The molecule has 3 aromatic carbocycles. The van der Waals surface area contributed by atoms with E-state index in [4.69, 9.17) is 0 Å². The first-order valence-electron chi connectivity index (χ1n) is 7.85. The molecule has 29 heavy (non-hydrogen) atoms. The third kappa shape index (κ3) is 9.96. The standard InChI is InChI=1S/C18H13NO2S.F6P/c20-19(21)16-10-6-14(7-11-16)15-8-12-18(13-9-15)22-17-4-2-1-3-5-17;1-7(2,3,4,5)6/h1-13H;/q;-1/p+1. The van der Waals surface area contributed by atoms with Crippen LogP contribution in [0.4, 0.5) is 30.9 Å². The van der Waals surface area contributed by atoms with Crippen LogP contribution < -0.4 is 0 Å². The number of thiol groups is 1. The molecule has 3 rings (SSSR count). The van der Waals surface area contributed by atoms with Crippen LogP contribution in [0.3, 0.4) is 0 Å². The average Bonchev–Trinajstić information content (AvgIpc) is 2.61. The summed E-state index contributed by atoms with van der Waals surface area (Å²) in [6, 6.07) is 25.2. The number of nitro benzene ring substituents is 1. The van der Waals surface area contributed by atoms with Gasteiger partial charge in [-0.1, -0.05) is 18.2 Å². The van der Waals surface area contributed by atoms with Gasteiger partial charge >= 0.3 is 33.0 Å². The van der Waals surface area contributed by atoms with Gasteiger partial charge in [0.1, 0.15) is 0 Å². The molecule has 0 radical (unpaired) electrons. The number of hydrogen-bond acceptors (Lipinski definition) is 2. The molecule has 156 valence electrons. The largest absolute Gasteiger partial charge is 0.269 e. The van der Waals surface area contributed by atoms with Crippen molar-refractivity contribution in [2.24, 2.45) is 0 Å². The molecule has 3 nitrogen and oxygen atoms in total. The van der Waals surface area contributed by atoms with E-state index in [0.717, 1.165) is 11.1 Å². The quantitative estimate of drug-likeness (QED) is 0.101. The Labute approximate surface area is 165 Å². The maximum absolute atomic E-state index is 10.7. The van der Waals surface area contributed by atoms with Crippen LogP contribution in [0.1, 0.15) is 0 Å². The summed E-state index contributed by atoms with van der Waals surface area (Å²) in [5.41, 5.74) is 2.15. The van der Waals surface area contributed by atoms with Gasteiger partial charge in [-0.15, -0.1) is 0 Å². The van der Waals surface area contributed by atoms with Crippen LogP contribution in [0.15, 0.2) is 88.7 Å². The monoisotopic (exact) mass is 453 g/mol. The van der Waals surface area contributed by atoms with Crippen LogP contribution in [0.2, 0.25) is 0 Å². The van der Waals surface area contributed by atoms with Gasteiger partial charge in [0.15, 0.2) is 9.79 Å². The zero-order valence-electron chi connectivity index (χ0n) is 14.4. The molecule has 0 aromatic heterocycles. The number of halogens is 6. The summed E-state index contributed by atoms with van der Waals surface area (Å²) in [6.45, 7) is 0. The Morgan fingerprint density at radius 1 is 0.655 bits per heavy atom. The van der Waals surface area contributed by atoms with Crippen LogP contribution in [0, 0.1) is 10.1 Å². The SMILES string of the molecule is F[P-](F)(F)(F)(F)F.O=[N+]([O-])c1ccc(-c2ccc([SH+]c3ccccc3)cc2)cc1. The molecule has 0 aliphatic heterocycles. The first-order chi connectivity index (χ1) is 13.2. The minimum atomic E-state index is -10.7. The molecular formula is C18H14F6NO2PS. The van der Waals surface area contributed by atoms with Gasteiger partial charge in [-0.3, -0.25) is 10.1 Å². The number of benzene rings is 3. The molecule has 0 N–H and O–H groups in total. The summed E-state index contributed by atoms with van der Waals surface area (Å²) < 4.78 is 59.2. The Bertz CT molecular complexity index is 968. The van der Waals surface area contributed by atoms with E-state index in [9.17, 15) is 35.3 Å². The Kier molecular flexibility index (Phi) is 6.02. The molecule has 0 spiro atoms. The maximum Gasteiger partial charge on any atom is 0.269 e. The van der Waals surface area contributed by atoms with Crippen LogP contribution >= 0.6 is 7.81 Å². The number of rotatable bonds is 4. The summed E-state index contributed by atoms with van der Waals surface area (Å²) in [5, 5.41) is 10.7. The fourth-order valence-electron chi connectivity index (χ4n) is 2.16. The Hall–Kier alpha value is -2.58. The van der Waals surface area contributed by atoms with Crippen molar-refractivity contribution < 1.29 is 30.1 Å². The molecule has 0 amide bonds. The van der Waals surface area contributed by atoms with Crippen molar-refractivity contribution >= 4 is 25.3 Å². The van der Waals surface area contributed by atoms with Crippen LogP contribution in [-0.4, -0.2) is 4.92 Å². The molecule has 0 aliphatic rings. The third-order valence-corrected chi connectivity index (χ3v) is 4.41. The van der Waals surface area contributed by atoms with Crippen molar-refractivity contribution in [2.45, 2.75) is 9.79 Å². The maximum atomic E-state index is 10.7. The van der Waals surface area contributed by atoms with Gasteiger partial charge in [-0.05, 0) is 59.7 Å². The van der Waals surface area contributed by atoms with Gasteiger partial charge < -0.3 is 0 Å². The van der Waals surface area contributed by atoms with Gasteiger partial charge in [0.05, 0.1) is 4.92 Å². The van der Waals surface area contributed by atoms with Crippen LogP contribution in [-0.2, 0) is 11.8 Å². The second kappa shape index (κ2) is 7.68. The first-order valence-corrected chi connectivity index (χ1v) is 10.8. The van der Waals surface area contributed by atoms with Crippen LogP contribution in [0.25, 0.3) is 11.1 Å². The van der Waals surface area contributed by atoms with Crippen molar-refractivity contribution in [1.29, 1.82) is 0 Å². The summed E-state index contributed by atoms with van der Waals surface area (Å²) in [4.78, 5) is 12.8. The molecule has 3 aromatic rings. The summed E-state index contributed by atoms with van der Waals surface area (Å²) in [5.74, 6) is 0. The first kappa shape index (κ1) is 22.7. The summed E-state index contributed by atoms with van der Waals surface area (Å²) in [6.07, 6.45) is 0. The van der Waals surface area contributed by atoms with Crippen molar-refractivity contribution in [1.82, 2.24) is 0 Å². The molecule has 0 fully saturated rings. The third-order valence-electron chi connectivity index (χ3n) is 3.29. The molecule has 0 heterocycles. The Morgan fingerprint density at radius 3 is 1.45 bits per heavy atom. The topological polar surface area (TPSA) is 43.1 Å². The van der Waals surface area contributed by atoms with E-state index in [1.165, 1.54) is 33.7 Å². The molecule has 0 bridgehead atoms. The van der Waals surface area contributed by atoms with Crippen molar-refractivity contribution in [3.63, 3.8) is 0 Å². The van der Waals surface area contributed by atoms with E-state index in [1.807, 2.05) is 30.3 Å². The second-order valence-electron chi connectivity index (χ2n) is 5.76. The zero-order valence-corrected chi connectivity index (χ0v) is 16.2. The van der Waals surface area contributed by atoms with E-state index >= 15 is 0 Å². The van der Waals surface area contributed by atoms with E-state index in [0.29, 0.717) is 0 Å². The fraction of sp³-hybridized carbons (Fsp3) is 0. The van der Waals surface area contributed by atoms with Crippen molar-refractivity contribution in [3.05, 3.63) is 89.0 Å². The molecule has 0 unspecified atom stereocenters. The minimum Gasteiger partial charge on any atom is -0.258 e. The van der Waals surface area contributed by atoms with Crippen molar-refractivity contribution in [2.75, 3.05) is 0 Å². The minimum absolute atomic E-state index is 0.114. The van der Waals surface area contributed by atoms with Gasteiger partial charge in [-0.25, -0.2) is 0 Å². The molecule has 0 aliphatic carbocycles. The van der Waals surface area contributed by atoms with Gasteiger partial charge in [0, 0.05) is 23.9 Å². The second-order valence-corrected chi connectivity index (χ2v) is 8.93. The smallest absolute Gasteiger partial charge is 0.258 e. The number of hydrogen-bond donors (Lipinski definition) is 0. The summed E-state index contributed by atoms with van der Waals surface area (Å²) >= 11 is 1.17.